The van der Waals surface area contributed by atoms with E-state index < -0.39 is 0 Å². The molecule has 0 atom stereocenters. The van der Waals surface area contributed by atoms with Crippen molar-refractivity contribution in [2.24, 2.45) is 0 Å². The Morgan fingerprint density at radius 1 is 0.255 bits per heavy atom. The molecule has 2 heteroatoms. The Morgan fingerprint density at radius 2 is 0.655 bits per heavy atom. The summed E-state index contributed by atoms with van der Waals surface area (Å²) in [6.07, 6.45) is 0. The van der Waals surface area contributed by atoms with Gasteiger partial charge in [0.05, 0.1) is 16.8 Å². The Bertz CT molecular complexity index is 2780. The molecule has 1 aromatic heterocycles. The molecule has 0 saturated carbocycles. The molecule has 2 aliphatic carbocycles. The average Bonchev–Trinajstić information content (AvgIpc) is 3.74. The highest BCUT2D eigenvalue weighted by Crippen LogP contribution is 2.62. The quantitative estimate of drug-likeness (QED) is 0.179. The molecule has 0 fully saturated rings. The normalized spacial score (nSPS) is 12.9. The predicted molar refractivity (Wildman–Crippen MR) is 226 cm³/mol. The Balaban J connectivity index is 1.11. The number of benzene rings is 8. The fourth-order valence-electron chi connectivity index (χ4n) is 9.09. The molecule has 2 nitrogen and oxygen atoms in total. The largest absolute Gasteiger partial charge is 0.228 e. The number of aromatic nitrogens is 2. The van der Waals surface area contributed by atoms with Crippen LogP contribution in [0, 0.1) is 0 Å². The van der Waals surface area contributed by atoms with Crippen LogP contribution in [0.5, 0.6) is 0 Å². The average molecular weight is 699 g/mol. The molecule has 1 heterocycles. The van der Waals surface area contributed by atoms with E-state index in [4.69, 9.17) is 9.97 Å². The van der Waals surface area contributed by atoms with Gasteiger partial charge in [-0.15, -0.1) is 0 Å². The van der Waals surface area contributed by atoms with Crippen LogP contribution in [0.15, 0.2) is 206 Å². The molecule has 9 aromatic rings. The van der Waals surface area contributed by atoms with Crippen molar-refractivity contribution in [1.82, 2.24) is 9.97 Å². The SMILES string of the molecule is c1ccc(-c2cccc(-c3cc(-c4ccc5c(c4)-c4ccccc4C54c5ccccc5-c5ccccc54)nc(-c4cccc(-c5ccccc5)c4)n3)c2)cc1. The van der Waals surface area contributed by atoms with Gasteiger partial charge in [0.25, 0.3) is 0 Å². The molecule has 0 N–H and O–H groups in total. The van der Waals surface area contributed by atoms with Crippen molar-refractivity contribution < 1.29 is 0 Å². The minimum Gasteiger partial charge on any atom is -0.228 e. The van der Waals surface area contributed by atoms with Gasteiger partial charge in [0.2, 0.25) is 0 Å². The van der Waals surface area contributed by atoms with Crippen molar-refractivity contribution in [2.75, 3.05) is 0 Å². The van der Waals surface area contributed by atoms with Gasteiger partial charge >= 0.3 is 0 Å². The highest BCUT2D eigenvalue weighted by molar-refractivity contribution is 5.96. The molecule has 256 valence electrons. The molecule has 0 bridgehead atoms. The third-order valence-corrected chi connectivity index (χ3v) is 11.5. The summed E-state index contributed by atoms with van der Waals surface area (Å²) in [4.78, 5) is 10.6. The van der Waals surface area contributed by atoms with Crippen LogP contribution in [0.25, 0.3) is 78.4 Å². The fourth-order valence-corrected chi connectivity index (χ4v) is 9.09. The topological polar surface area (TPSA) is 25.8 Å². The van der Waals surface area contributed by atoms with Crippen molar-refractivity contribution in [2.45, 2.75) is 5.41 Å². The highest BCUT2D eigenvalue weighted by atomic mass is 14.9. The van der Waals surface area contributed by atoms with Crippen molar-refractivity contribution in [3.05, 3.63) is 229 Å². The van der Waals surface area contributed by atoms with Gasteiger partial charge in [-0.25, -0.2) is 9.97 Å². The van der Waals surface area contributed by atoms with Crippen molar-refractivity contribution in [3.8, 4) is 78.4 Å². The highest BCUT2D eigenvalue weighted by Gasteiger charge is 2.51. The van der Waals surface area contributed by atoms with Crippen LogP contribution < -0.4 is 0 Å². The second-order valence-electron chi connectivity index (χ2n) is 14.5. The molecule has 0 saturated heterocycles. The van der Waals surface area contributed by atoms with Crippen molar-refractivity contribution in [3.63, 3.8) is 0 Å². The van der Waals surface area contributed by atoms with E-state index in [1.807, 2.05) is 0 Å². The predicted octanol–water partition coefficient (Wildman–Crippen LogP) is 13.2. The van der Waals surface area contributed by atoms with E-state index in [1.54, 1.807) is 0 Å². The molecule has 0 amide bonds. The number of rotatable bonds is 5. The molecule has 8 aromatic carbocycles. The Hall–Kier alpha value is -7.16. The zero-order chi connectivity index (χ0) is 36.3. The van der Waals surface area contributed by atoms with Crippen LogP contribution >= 0.6 is 0 Å². The summed E-state index contributed by atoms with van der Waals surface area (Å²) < 4.78 is 0. The molecule has 1 spiro atoms. The van der Waals surface area contributed by atoms with Gasteiger partial charge in [-0.3, -0.25) is 0 Å². The Morgan fingerprint density at radius 3 is 1.22 bits per heavy atom. The zero-order valence-corrected chi connectivity index (χ0v) is 30.0. The molecule has 0 radical (unpaired) electrons. The second-order valence-corrected chi connectivity index (χ2v) is 14.5. The molecule has 0 aliphatic heterocycles. The van der Waals surface area contributed by atoms with Crippen LogP contribution in [-0.4, -0.2) is 9.97 Å². The first-order chi connectivity index (χ1) is 27.3. The van der Waals surface area contributed by atoms with Crippen LogP contribution in [-0.2, 0) is 5.41 Å². The lowest BCUT2D eigenvalue weighted by molar-refractivity contribution is 0.794. The summed E-state index contributed by atoms with van der Waals surface area (Å²) >= 11 is 0. The van der Waals surface area contributed by atoms with E-state index in [9.17, 15) is 0 Å². The minimum atomic E-state index is -0.380. The van der Waals surface area contributed by atoms with E-state index >= 15 is 0 Å². The van der Waals surface area contributed by atoms with Gasteiger partial charge in [-0.05, 0) is 91.0 Å². The van der Waals surface area contributed by atoms with E-state index in [0.717, 1.165) is 44.8 Å². The van der Waals surface area contributed by atoms with Gasteiger partial charge in [-0.1, -0.05) is 182 Å². The number of nitrogens with zero attached hydrogens (tertiary/aromatic N) is 2. The van der Waals surface area contributed by atoms with E-state index in [-0.39, 0.29) is 5.41 Å². The number of hydrogen-bond acceptors (Lipinski definition) is 2. The summed E-state index contributed by atoms with van der Waals surface area (Å²) in [5, 5.41) is 0. The van der Waals surface area contributed by atoms with Gasteiger partial charge < -0.3 is 0 Å². The van der Waals surface area contributed by atoms with Crippen LogP contribution in [0.4, 0.5) is 0 Å². The minimum absolute atomic E-state index is 0.380. The second kappa shape index (κ2) is 12.5. The maximum Gasteiger partial charge on any atom is 0.160 e. The summed E-state index contributed by atoms with van der Waals surface area (Å²) in [6, 6.07) is 74.3. The van der Waals surface area contributed by atoms with Crippen LogP contribution in [0.2, 0.25) is 0 Å². The maximum absolute atomic E-state index is 5.35. The Labute approximate surface area is 321 Å². The third kappa shape index (κ3) is 4.89. The van der Waals surface area contributed by atoms with Gasteiger partial charge in [0.1, 0.15) is 0 Å². The first kappa shape index (κ1) is 31.4. The molecular formula is C53H34N2. The molecule has 11 rings (SSSR count). The number of hydrogen-bond donors (Lipinski definition) is 0. The maximum atomic E-state index is 5.35. The lowest BCUT2D eigenvalue weighted by atomic mass is 9.70. The molecule has 0 unspecified atom stereocenters. The standard InChI is InChI=1S/C53H34N2/c1-3-15-35(16-4-1)37-19-13-21-39(31-37)50-34-51(55-52(54-50)41-22-14-20-38(32-41)36-17-5-2-6-18-36)40-29-30-49-45(33-40)44-25-9-12-28-48(44)53(49)46-26-10-7-23-42(46)43-24-8-11-27-47(43)53/h1-34H. The first-order valence-corrected chi connectivity index (χ1v) is 18.9. The smallest absolute Gasteiger partial charge is 0.160 e. The monoisotopic (exact) mass is 698 g/mol. The van der Waals surface area contributed by atoms with Gasteiger partial charge in [0.15, 0.2) is 5.82 Å². The summed E-state index contributed by atoms with van der Waals surface area (Å²) in [5.74, 6) is 0.700. The fraction of sp³-hybridized carbons (Fsp3) is 0.0189. The summed E-state index contributed by atoms with van der Waals surface area (Å²) in [6.45, 7) is 0. The van der Waals surface area contributed by atoms with Crippen molar-refractivity contribution >= 4 is 0 Å². The zero-order valence-electron chi connectivity index (χ0n) is 30.0. The van der Waals surface area contributed by atoms with Crippen molar-refractivity contribution in [1.29, 1.82) is 0 Å². The molecule has 2 aliphatic rings. The summed E-state index contributed by atoms with van der Waals surface area (Å²) in [7, 11) is 0. The summed E-state index contributed by atoms with van der Waals surface area (Å²) in [5.41, 5.74) is 19.6. The van der Waals surface area contributed by atoms with Crippen LogP contribution in [0.3, 0.4) is 0 Å². The Kier molecular flexibility index (Phi) is 7.11. The van der Waals surface area contributed by atoms with E-state index in [1.165, 1.54) is 50.1 Å². The first-order valence-electron chi connectivity index (χ1n) is 18.9. The lowest BCUT2D eigenvalue weighted by Gasteiger charge is -2.30. The van der Waals surface area contributed by atoms with Crippen LogP contribution in [0.1, 0.15) is 22.3 Å². The number of fused-ring (bicyclic) bond motifs is 10. The van der Waals surface area contributed by atoms with Gasteiger partial charge in [-0.2, -0.15) is 0 Å². The van der Waals surface area contributed by atoms with E-state index in [0.29, 0.717) is 5.82 Å². The lowest BCUT2D eigenvalue weighted by Crippen LogP contribution is -2.25. The molecule has 55 heavy (non-hydrogen) atoms. The third-order valence-electron chi connectivity index (χ3n) is 11.5. The van der Waals surface area contributed by atoms with Gasteiger partial charge in [0, 0.05) is 16.7 Å². The van der Waals surface area contributed by atoms with E-state index in [2.05, 4.69) is 206 Å². The molecular weight excluding hydrogens is 665 g/mol.